The van der Waals surface area contributed by atoms with Crippen LogP contribution >= 0.6 is 0 Å². The lowest BCUT2D eigenvalue weighted by molar-refractivity contribution is -0.141. The van der Waals surface area contributed by atoms with Crippen LogP contribution in [0.1, 0.15) is 24.4 Å². The average molecular weight is 285 g/mol. The summed E-state index contributed by atoms with van der Waals surface area (Å²) in [5.74, 6) is -3.50. The molecule has 20 heavy (non-hydrogen) atoms. The third-order valence-corrected chi connectivity index (χ3v) is 2.69. The van der Waals surface area contributed by atoms with E-state index in [1.165, 1.54) is 19.1 Å². The lowest BCUT2D eigenvalue weighted by Gasteiger charge is -2.04. The van der Waals surface area contributed by atoms with Crippen LogP contribution in [0.25, 0.3) is 11.3 Å². The van der Waals surface area contributed by atoms with E-state index >= 15 is 0 Å². The minimum Gasteiger partial charge on any atom is -0.481 e. The molecule has 0 aliphatic heterocycles. The predicted molar refractivity (Wildman–Crippen MR) is 63.0 cm³/mol. The minimum absolute atomic E-state index is 0.191. The van der Waals surface area contributed by atoms with Gasteiger partial charge in [-0.25, -0.2) is 4.98 Å². The maximum atomic E-state index is 12.9. The Labute approximate surface area is 111 Å². The SMILES string of the molecule is CC(C(=O)O)c1nc(C(F)(F)F)c(-c2ccccc2)o1. The molecule has 0 aliphatic carbocycles. The Morgan fingerprint density at radius 3 is 2.40 bits per heavy atom. The Balaban J connectivity index is 2.58. The van der Waals surface area contributed by atoms with Crippen molar-refractivity contribution >= 4 is 5.97 Å². The number of nitrogens with zero attached hydrogens (tertiary/aromatic N) is 1. The number of carbonyl (C=O) groups is 1. The number of halogens is 3. The second-order valence-electron chi connectivity index (χ2n) is 4.15. The van der Waals surface area contributed by atoms with Crippen molar-refractivity contribution in [2.24, 2.45) is 0 Å². The summed E-state index contributed by atoms with van der Waals surface area (Å²) in [7, 11) is 0. The topological polar surface area (TPSA) is 63.3 Å². The second kappa shape index (κ2) is 4.99. The largest absolute Gasteiger partial charge is 0.481 e. The van der Waals surface area contributed by atoms with Crippen molar-refractivity contribution in [3.05, 3.63) is 41.9 Å². The highest BCUT2D eigenvalue weighted by molar-refractivity contribution is 5.74. The van der Waals surface area contributed by atoms with Gasteiger partial charge in [0.15, 0.2) is 11.5 Å². The van der Waals surface area contributed by atoms with E-state index in [1.807, 2.05) is 0 Å². The Morgan fingerprint density at radius 1 is 1.30 bits per heavy atom. The summed E-state index contributed by atoms with van der Waals surface area (Å²) < 4.78 is 43.9. The molecular weight excluding hydrogens is 275 g/mol. The number of rotatable bonds is 3. The van der Waals surface area contributed by atoms with Gasteiger partial charge in [0, 0.05) is 5.56 Å². The number of hydrogen-bond donors (Lipinski definition) is 1. The van der Waals surface area contributed by atoms with Crippen LogP contribution in [-0.2, 0) is 11.0 Å². The molecule has 106 valence electrons. The van der Waals surface area contributed by atoms with Gasteiger partial charge in [-0.2, -0.15) is 13.2 Å². The fourth-order valence-electron chi connectivity index (χ4n) is 1.60. The first-order valence-electron chi connectivity index (χ1n) is 5.67. The van der Waals surface area contributed by atoms with E-state index in [-0.39, 0.29) is 5.56 Å². The van der Waals surface area contributed by atoms with Gasteiger partial charge in [-0.05, 0) is 6.92 Å². The van der Waals surface area contributed by atoms with Gasteiger partial charge in [-0.1, -0.05) is 30.3 Å². The lowest BCUT2D eigenvalue weighted by atomic mass is 10.1. The molecule has 0 bridgehead atoms. The molecule has 0 saturated heterocycles. The standard InChI is InChI=1S/C13H10F3NO3/c1-7(12(18)19)11-17-10(13(14,15)16)9(20-11)8-5-3-2-4-6-8/h2-7H,1H3,(H,18,19). The molecule has 0 amide bonds. The molecule has 2 aromatic rings. The van der Waals surface area contributed by atoms with Crippen molar-refractivity contribution in [2.75, 3.05) is 0 Å². The van der Waals surface area contributed by atoms with Crippen molar-refractivity contribution < 1.29 is 27.5 Å². The molecule has 0 spiro atoms. The molecular formula is C13H10F3NO3. The number of carboxylic acid groups (broad SMARTS) is 1. The monoisotopic (exact) mass is 285 g/mol. The normalized spacial score (nSPS) is 13.2. The highest BCUT2D eigenvalue weighted by atomic mass is 19.4. The second-order valence-corrected chi connectivity index (χ2v) is 4.15. The van der Waals surface area contributed by atoms with E-state index in [9.17, 15) is 18.0 Å². The van der Waals surface area contributed by atoms with Crippen molar-refractivity contribution in [3.8, 4) is 11.3 Å². The Morgan fingerprint density at radius 2 is 1.90 bits per heavy atom. The fourth-order valence-corrected chi connectivity index (χ4v) is 1.60. The predicted octanol–water partition coefficient (Wildman–Crippen LogP) is 3.55. The van der Waals surface area contributed by atoms with Gasteiger partial charge < -0.3 is 9.52 Å². The molecule has 1 unspecified atom stereocenters. The van der Waals surface area contributed by atoms with Crippen LogP contribution in [0.3, 0.4) is 0 Å². The van der Waals surface area contributed by atoms with E-state index in [1.54, 1.807) is 18.2 Å². The molecule has 1 aromatic heterocycles. The van der Waals surface area contributed by atoms with E-state index < -0.39 is 35.4 Å². The van der Waals surface area contributed by atoms with Crippen LogP contribution in [0.2, 0.25) is 0 Å². The number of oxazole rings is 1. The van der Waals surface area contributed by atoms with Crippen LogP contribution in [0.5, 0.6) is 0 Å². The first-order chi connectivity index (χ1) is 9.30. The van der Waals surface area contributed by atoms with E-state index in [2.05, 4.69) is 4.98 Å². The molecule has 0 fully saturated rings. The molecule has 1 atom stereocenters. The van der Waals surface area contributed by atoms with Crippen LogP contribution in [-0.4, -0.2) is 16.1 Å². The summed E-state index contributed by atoms with van der Waals surface area (Å²) in [6.45, 7) is 1.21. The zero-order valence-corrected chi connectivity index (χ0v) is 10.3. The number of carboxylic acids is 1. The molecule has 0 radical (unpaired) electrons. The quantitative estimate of drug-likeness (QED) is 0.936. The summed E-state index contributed by atoms with van der Waals surface area (Å²) in [6.07, 6.45) is -4.72. The molecule has 1 N–H and O–H groups in total. The Hall–Kier alpha value is -2.31. The molecule has 0 saturated carbocycles. The minimum atomic E-state index is -4.72. The highest BCUT2D eigenvalue weighted by Gasteiger charge is 2.40. The maximum Gasteiger partial charge on any atom is 0.437 e. The molecule has 4 nitrogen and oxygen atoms in total. The Kier molecular flexibility index (Phi) is 3.52. The smallest absolute Gasteiger partial charge is 0.437 e. The molecule has 1 aromatic carbocycles. The first kappa shape index (κ1) is 14.1. The van der Waals surface area contributed by atoms with Crippen LogP contribution in [0.4, 0.5) is 13.2 Å². The average Bonchev–Trinajstić information content (AvgIpc) is 2.83. The maximum absolute atomic E-state index is 12.9. The number of alkyl halides is 3. The summed E-state index contributed by atoms with van der Waals surface area (Å²) in [5, 5.41) is 8.83. The fraction of sp³-hybridized carbons (Fsp3) is 0.231. The summed E-state index contributed by atoms with van der Waals surface area (Å²) in [5.41, 5.74) is -1.03. The third kappa shape index (κ3) is 2.66. The molecule has 1 heterocycles. The summed E-state index contributed by atoms with van der Waals surface area (Å²) in [4.78, 5) is 14.1. The van der Waals surface area contributed by atoms with Gasteiger partial charge in [0.1, 0.15) is 5.92 Å². The number of hydrogen-bond acceptors (Lipinski definition) is 3. The van der Waals surface area contributed by atoms with Crippen molar-refractivity contribution in [3.63, 3.8) is 0 Å². The molecule has 0 aliphatic rings. The highest BCUT2D eigenvalue weighted by Crippen LogP contribution is 2.38. The van der Waals surface area contributed by atoms with E-state index in [0.717, 1.165) is 0 Å². The van der Waals surface area contributed by atoms with Crippen molar-refractivity contribution in [1.82, 2.24) is 4.98 Å². The zero-order valence-electron chi connectivity index (χ0n) is 10.3. The van der Waals surface area contributed by atoms with Gasteiger partial charge in [-0.3, -0.25) is 4.79 Å². The van der Waals surface area contributed by atoms with Gasteiger partial charge in [0.25, 0.3) is 0 Å². The zero-order chi connectivity index (χ0) is 14.9. The van der Waals surface area contributed by atoms with Gasteiger partial charge >= 0.3 is 12.1 Å². The third-order valence-electron chi connectivity index (χ3n) is 2.69. The molecule has 7 heteroatoms. The summed E-state index contributed by atoms with van der Waals surface area (Å²) >= 11 is 0. The van der Waals surface area contributed by atoms with Crippen molar-refractivity contribution in [2.45, 2.75) is 19.0 Å². The lowest BCUT2D eigenvalue weighted by Crippen LogP contribution is -2.10. The Bertz CT molecular complexity index is 620. The number of aromatic nitrogens is 1. The molecule has 2 rings (SSSR count). The first-order valence-corrected chi connectivity index (χ1v) is 5.67. The van der Waals surface area contributed by atoms with Gasteiger partial charge in [0.05, 0.1) is 0 Å². The van der Waals surface area contributed by atoms with Crippen molar-refractivity contribution in [1.29, 1.82) is 0 Å². The van der Waals surface area contributed by atoms with E-state index in [0.29, 0.717) is 0 Å². The number of aliphatic carboxylic acids is 1. The van der Waals surface area contributed by atoms with Crippen LogP contribution < -0.4 is 0 Å². The number of benzene rings is 1. The summed E-state index contributed by atoms with van der Waals surface area (Å²) in [6, 6.07) is 7.63. The van der Waals surface area contributed by atoms with Gasteiger partial charge in [-0.15, -0.1) is 0 Å². The van der Waals surface area contributed by atoms with Crippen LogP contribution in [0, 0.1) is 0 Å². The van der Waals surface area contributed by atoms with Gasteiger partial charge in [0.2, 0.25) is 5.89 Å². The van der Waals surface area contributed by atoms with Crippen LogP contribution in [0.15, 0.2) is 34.7 Å². The van der Waals surface area contributed by atoms with E-state index in [4.69, 9.17) is 9.52 Å².